The van der Waals surface area contributed by atoms with Crippen molar-refractivity contribution in [3.8, 4) is 0 Å². The van der Waals surface area contributed by atoms with Crippen LogP contribution in [-0.4, -0.2) is 15.8 Å². The van der Waals surface area contributed by atoms with Crippen LogP contribution in [0.5, 0.6) is 0 Å². The van der Waals surface area contributed by atoms with Gasteiger partial charge in [0.05, 0.1) is 0 Å². The molecular weight excluding hydrogens is 209 g/mol. The Hall–Kier alpha value is -1.46. The van der Waals surface area contributed by atoms with Gasteiger partial charge in [0.2, 0.25) is 5.82 Å². The number of carbonyl (C=O) groups is 1. The zero-order valence-corrected chi connectivity index (χ0v) is 7.64. The molecule has 0 unspecified atom stereocenters. The first-order chi connectivity index (χ1) is 6.97. The Kier molecular flexibility index (Phi) is 2.21. The summed E-state index contributed by atoms with van der Waals surface area (Å²) in [6.07, 6.45) is -2.73. The Bertz CT molecular complexity index is 414. The van der Waals surface area contributed by atoms with Crippen LogP contribution in [-0.2, 0) is 23.8 Å². The van der Waals surface area contributed by atoms with Crippen LogP contribution in [0, 0.1) is 0 Å². The number of Topliss-reactive ketones (excluding diaryl/α,β-unsaturated/α-hetero) is 1. The van der Waals surface area contributed by atoms with Crippen molar-refractivity contribution in [3.63, 3.8) is 0 Å². The highest BCUT2D eigenvalue weighted by Crippen LogP contribution is 2.27. The minimum Gasteiger partial charge on any atom is -0.299 e. The van der Waals surface area contributed by atoms with Crippen molar-refractivity contribution in [2.45, 2.75) is 25.4 Å². The van der Waals surface area contributed by atoms with Crippen molar-refractivity contribution in [3.05, 3.63) is 23.3 Å². The van der Waals surface area contributed by atoms with Crippen molar-refractivity contribution in [1.82, 2.24) is 9.97 Å². The van der Waals surface area contributed by atoms with Crippen LogP contribution < -0.4 is 0 Å². The molecule has 0 bridgehead atoms. The molecule has 1 aliphatic rings. The van der Waals surface area contributed by atoms with Crippen LogP contribution >= 0.6 is 0 Å². The molecule has 80 valence electrons. The fourth-order valence-electron chi connectivity index (χ4n) is 1.50. The number of alkyl halides is 3. The lowest BCUT2D eigenvalue weighted by Gasteiger charge is -2.14. The summed E-state index contributed by atoms with van der Waals surface area (Å²) < 4.78 is 36.7. The molecule has 0 N–H and O–H groups in total. The maximum Gasteiger partial charge on any atom is 0.451 e. The molecule has 0 atom stereocenters. The fourth-order valence-corrected chi connectivity index (χ4v) is 1.50. The van der Waals surface area contributed by atoms with Crippen molar-refractivity contribution < 1.29 is 18.0 Å². The molecular formula is C9H7F3N2O. The van der Waals surface area contributed by atoms with E-state index in [4.69, 9.17) is 0 Å². The topological polar surface area (TPSA) is 42.9 Å². The molecule has 1 aromatic rings. The largest absolute Gasteiger partial charge is 0.451 e. The van der Waals surface area contributed by atoms with E-state index in [1.807, 2.05) is 0 Å². The Morgan fingerprint density at radius 1 is 1.27 bits per heavy atom. The van der Waals surface area contributed by atoms with Gasteiger partial charge >= 0.3 is 6.18 Å². The van der Waals surface area contributed by atoms with Crippen LogP contribution in [0.1, 0.15) is 23.5 Å². The van der Waals surface area contributed by atoms with E-state index >= 15 is 0 Å². The lowest BCUT2D eigenvalue weighted by molar-refractivity contribution is -0.145. The van der Waals surface area contributed by atoms with Crippen LogP contribution in [0.4, 0.5) is 13.2 Å². The molecule has 2 rings (SSSR count). The lowest BCUT2D eigenvalue weighted by atomic mass is 9.96. The summed E-state index contributed by atoms with van der Waals surface area (Å²) >= 11 is 0. The fraction of sp³-hybridized carbons (Fsp3) is 0.444. The molecule has 0 fully saturated rings. The van der Waals surface area contributed by atoms with E-state index < -0.39 is 12.0 Å². The van der Waals surface area contributed by atoms with Gasteiger partial charge in [-0.05, 0) is 12.0 Å². The molecule has 0 spiro atoms. The molecule has 0 saturated heterocycles. The molecule has 0 aromatic carbocycles. The van der Waals surface area contributed by atoms with Crippen molar-refractivity contribution >= 4 is 5.78 Å². The normalized spacial score (nSPS) is 16.3. The second-order valence-electron chi connectivity index (χ2n) is 3.38. The SMILES string of the molecule is O=C1CCc2nc(C(F)(F)F)ncc2C1. The highest BCUT2D eigenvalue weighted by Gasteiger charge is 2.35. The van der Waals surface area contributed by atoms with Gasteiger partial charge in [-0.3, -0.25) is 4.79 Å². The van der Waals surface area contributed by atoms with Gasteiger partial charge in [0.1, 0.15) is 5.78 Å². The number of carbonyl (C=O) groups excluding carboxylic acids is 1. The van der Waals surface area contributed by atoms with Gasteiger partial charge in [-0.2, -0.15) is 13.2 Å². The monoisotopic (exact) mass is 216 g/mol. The molecule has 3 nitrogen and oxygen atoms in total. The Labute approximate surface area is 83.3 Å². The Morgan fingerprint density at radius 2 is 2.00 bits per heavy atom. The van der Waals surface area contributed by atoms with Gasteiger partial charge in [-0.25, -0.2) is 9.97 Å². The molecule has 0 aliphatic heterocycles. The quantitative estimate of drug-likeness (QED) is 0.660. The second kappa shape index (κ2) is 3.29. The second-order valence-corrected chi connectivity index (χ2v) is 3.38. The van der Waals surface area contributed by atoms with Crippen molar-refractivity contribution in [1.29, 1.82) is 0 Å². The van der Waals surface area contributed by atoms with E-state index in [9.17, 15) is 18.0 Å². The first-order valence-corrected chi connectivity index (χ1v) is 4.40. The summed E-state index contributed by atoms with van der Waals surface area (Å²) in [5.41, 5.74) is 0.858. The van der Waals surface area contributed by atoms with Gasteiger partial charge in [-0.1, -0.05) is 0 Å². The number of aromatic nitrogens is 2. The number of hydrogen-bond acceptors (Lipinski definition) is 3. The summed E-state index contributed by atoms with van der Waals surface area (Å²) in [7, 11) is 0. The van der Waals surface area contributed by atoms with Gasteiger partial charge in [0, 0.05) is 24.7 Å². The number of fused-ring (bicyclic) bond motifs is 1. The Morgan fingerprint density at radius 3 is 2.67 bits per heavy atom. The van der Waals surface area contributed by atoms with E-state index in [-0.39, 0.29) is 25.0 Å². The van der Waals surface area contributed by atoms with Gasteiger partial charge in [0.25, 0.3) is 0 Å². The molecule has 6 heteroatoms. The molecule has 0 amide bonds. The summed E-state index contributed by atoms with van der Waals surface area (Å²) in [5.74, 6) is -1.11. The van der Waals surface area contributed by atoms with E-state index in [1.54, 1.807) is 0 Å². The van der Waals surface area contributed by atoms with Crippen LogP contribution in [0.3, 0.4) is 0 Å². The number of ketones is 1. The summed E-state index contributed by atoms with van der Waals surface area (Å²) in [6, 6.07) is 0. The van der Waals surface area contributed by atoms with Gasteiger partial charge in [0.15, 0.2) is 0 Å². The highest BCUT2D eigenvalue weighted by atomic mass is 19.4. The smallest absolute Gasteiger partial charge is 0.299 e. The minimum absolute atomic E-state index is 0.0193. The van der Waals surface area contributed by atoms with Crippen LogP contribution in [0.15, 0.2) is 6.20 Å². The van der Waals surface area contributed by atoms with Gasteiger partial charge in [-0.15, -0.1) is 0 Å². The third-order valence-electron chi connectivity index (χ3n) is 2.24. The predicted octanol–water partition coefficient (Wildman–Crippen LogP) is 1.55. The third kappa shape index (κ3) is 1.98. The summed E-state index contributed by atoms with van der Waals surface area (Å²) in [6.45, 7) is 0. The molecule has 1 aliphatic carbocycles. The van der Waals surface area contributed by atoms with Crippen molar-refractivity contribution in [2.24, 2.45) is 0 Å². The third-order valence-corrected chi connectivity index (χ3v) is 2.24. The zero-order chi connectivity index (χ0) is 11.1. The summed E-state index contributed by atoms with van der Waals surface area (Å²) in [4.78, 5) is 17.7. The number of hydrogen-bond donors (Lipinski definition) is 0. The van der Waals surface area contributed by atoms with Crippen molar-refractivity contribution in [2.75, 3.05) is 0 Å². The number of halogens is 3. The average Bonchev–Trinajstić information content (AvgIpc) is 2.15. The first kappa shape index (κ1) is 10.1. The lowest BCUT2D eigenvalue weighted by Crippen LogP contribution is -2.19. The molecule has 1 heterocycles. The molecule has 1 aromatic heterocycles. The number of aryl methyl sites for hydroxylation is 1. The maximum atomic E-state index is 12.2. The molecule has 0 saturated carbocycles. The highest BCUT2D eigenvalue weighted by molar-refractivity contribution is 5.82. The van der Waals surface area contributed by atoms with E-state index in [0.717, 1.165) is 6.20 Å². The predicted molar refractivity (Wildman–Crippen MR) is 44.1 cm³/mol. The average molecular weight is 216 g/mol. The zero-order valence-electron chi connectivity index (χ0n) is 7.64. The van der Waals surface area contributed by atoms with E-state index in [1.165, 1.54) is 0 Å². The number of rotatable bonds is 0. The van der Waals surface area contributed by atoms with E-state index in [2.05, 4.69) is 9.97 Å². The first-order valence-electron chi connectivity index (χ1n) is 4.40. The molecule has 15 heavy (non-hydrogen) atoms. The van der Waals surface area contributed by atoms with Gasteiger partial charge < -0.3 is 0 Å². The Balaban J connectivity index is 2.39. The van der Waals surface area contributed by atoms with E-state index in [0.29, 0.717) is 11.3 Å². The van der Waals surface area contributed by atoms with Crippen LogP contribution in [0.2, 0.25) is 0 Å². The standard InChI is InChI=1S/C9H7F3N2O/c10-9(11,12)8-13-4-5-3-6(15)1-2-7(5)14-8/h4H,1-3H2. The molecule has 0 radical (unpaired) electrons. The minimum atomic E-state index is -4.52. The number of nitrogens with zero attached hydrogens (tertiary/aromatic N) is 2. The van der Waals surface area contributed by atoms with Crippen LogP contribution in [0.25, 0.3) is 0 Å². The maximum absolute atomic E-state index is 12.2. The summed E-state index contributed by atoms with van der Waals surface area (Å²) in [5, 5.41) is 0.